The van der Waals surface area contributed by atoms with Crippen LogP contribution in [0.25, 0.3) is 0 Å². The molecule has 1 aliphatic heterocycles. The number of nitrogens with zero attached hydrogens (tertiary/aromatic N) is 3. The van der Waals surface area contributed by atoms with Crippen molar-refractivity contribution < 1.29 is 0 Å². The lowest BCUT2D eigenvalue weighted by atomic mass is 9.99. The molecular formula is C18H36N4. The molecule has 4 nitrogen and oxygen atoms in total. The van der Waals surface area contributed by atoms with E-state index < -0.39 is 0 Å². The second-order valence-electron chi connectivity index (χ2n) is 6.56. The number of likely N-dealkylation sites (tertiary alicyclic amines) is 1. The van der Waals surface area contributed by atoms with Crippen molar-refractivity contribution >= 4 is 5.96 Å². The molecular weight excluding hydrogens is 272 g/mol. The predicted octanol–water partition coefficient (Wildman–Crippen LogP) is 2.97. The Balaban J connectivity index is 2.07. The molecule has 1 N–H and O–H groups in total. The van der Waals surface area contributed by atoms with E-state index in [0.717, 1.165) is 37.8 Å². The average Bonchev–Trinajstić information content (AvgIpc) is 2.52. The average molecular weight is 309 g/mol. The van der Waals surface area contributed by atoms with E-state index in [1.54, 1.807) is 0 Å². The van der Waals surface area contributed by atoms with Crippen LogP contribution >= 0.6 is 0 Å². The van der Waals surface area contributed by atoms with Gasteiger partial charge < -0.3 is 15.1 Å². The van der Waals surface area contributed by atoms with E-state index >= 15 is 0 Å². The zero-order valence-corrected chi connectivity index (χ0v) is 15.0. The minimum absolute atomic E-state index is 0.929. The van der Waals surface area contributed by atoms with Crippen LogP contribution < -0.4 is 5.32 Å². The molecule has 22 heavy (non-hydrogen) atoms. The summed E-state index contributed by atoms with van der Waals surface area (Å²) in [5.41, 5.74) is 0. The largest absolute Gasteiger partial charge is 0.356 e. The molecule has 1 rings (SSSR count). The molecule has 1 saturated heterocycles. The third-order valence-corrected chi connectivity index (χ3v) is 4.54. The summed E-state index contributed by atoms with van der Waals surface area (Å²) < 4.78 is 0. The molecule has 128 valence electrons. The van der Waals surface area contributed by atoms with Gasteiger partial charge in [-0.2, -0.15) is 0 Å². The van der Waals surface area contributed by atoms with Crippen LogP contribution in [0.2, 0.25) is 0 Å². The quantitative estimate of drug-likeness (QED) is 0.307. The van der Waals surface area contributed by atoms with Crippen molar-refractivity contribution in [1.82, 2.24) is 15.1 Å². The van der Waals surface area contributed by atoms with E-state index in [2.05, 4.69) is 40.7 Å². The van der Waals surface area contributed by atoms with Gasteiger partial charge in [0.15, 0.2) is 5.96 Å². The maximum atomic E-state index is 4.36. The summed E-state index contributed by atoms with van der Waals surface area (Å²) >= 11 is 0. The number of unbranched alkanes of at least 4 members (excludes halogenated alkanes) is 2. The fraction of sp³-hybridized carbons (Fsp3) is 0.833. The molecule has 0 aromatic rings. The molecule has 0 unspecified atom stereocenters. The minimum Gasteiger partial charge on any atom is -0.356 e. The summed E-state index contributed by atoms with van der Waals surface area (Å²) in [5, 5.41) is 3.47. The number of rotatable bonds is 9. The van der Waals surface area contributed by atoms with E-state index in [0.29, 0.717) is 0 Å². The highest BCUT2D eigenvalue weighted by Crippen LogP contribution is 2.15. The molecule has 0 bridgehead atoms. The topological polar surface area (TPSA) is 30.9 Å². The molecule has 4 heteroatoms. The van der Waals surface area contributed by atoms with Gasteiger partial charge in [-0.25, -0.2) is 0 Å². The van der Waals surface area contributed by atoms with Gasteiger partial charge in [-0.1, -0.05) is 13.0 Å². The van der Waals surface area contributed by atoms with Crippen LogP contribution in [0, 0.1) is 5.92 Å². The highest BCUT2D eigenvalue weighted by molar-refractivity contribution is 5.79. The third kappa shape index (κ3) is 7.83. The van der Waals surface area contributed by atoms with Crippen molar-refractivity contribution in [3.05, 3.63) is 12.7 Å². The lowest BCUT2D eigenvalue weighted by Gasteiger charge is -2.30. The molecule has 0 aliphatic carbocycles. The van der Waals surface area contributed by atoms with Crippen molar-refractivity contribution in [1.29, 1.82) is 0 Å². The number of allylic oxidation sites excluding steroid dienone is 1. The van der Waals surface area contributed by atoms with Gasteiger partial charge in [0.05, 0.1) is 0 Å². The first kappa shape index (κ1) is 19.0. The molecule has 0 aromatic carbocycles. The van der Waals surface area contributed by atoms with E-state index in [1.165, 1.54) is 45.3 Å². The first-order chi connectivity index (χ1) is 10.7. The Bertz CT molecular complexity index is 319. The summed E-state index contributed by atoms with van der Waals surface area (Å²) in [4.78, 5) is 9.18. The Morgan fingerprint density at radius 1 is 1.32 bits per heavy atom. The third-order valence-electron chi connectivity index (χ3n) is 4.54. The van der Waals surface area contributed by atoms with Crippen molar-refractivity contribution in [2.75, 3.05) is 46.8 Å². The maximum Gasteiger partial charge on any atom is 0.193 e. The number of piperidine rings is 1. The lowest BCUT2D eigenvalue weighted by molar-refractivity contribution is 0.189. The van der Waals surface area contributed by atoms with Crippen molar-refractivity contribution in [2.24, 2.45) is 10.9 Å². The van der Waals surface area contributed by atoms with Crippen LogP contribution in [0.1, 0.15) is 45.4 Å². The van der Waals surface area contributed by atoms with Gasteiger partial charge in [0.1, 0.15) is 0 Å². The molecule has 0 amide bonds. The van der Waals surface area contributed by atoms with E-state index in [9.17, 15) is 0 Å². The van der Waals surface area contributed by atoms with Crippen molar-refractivity contribution in [3.63, 3.8) is 0 Å². The highest BCUT2D eigenvalue weighted by Gasteiger charge is 2.14. The van der Waals surface area contributed by atoms with Crippen LogP contribution in [0.15, 0.2) is 17.6 Å². The van der Waals surface area contributed by atoms with Crippen LogP contribution in [0.3, 0.4) is 0 Å². The number of nitrogens with one attached hydrogen (secondary N) is 1. The SMILES string of the molecule is C=CCCCN(C)C(=NC)NCCCCN1CCC(C)CC1. The summed E-state index contributed by atoms with van der Waals surface area (Å²) in [5.74, 6) is 1.94. The normalized spacial score (nSPS) is 17.5. The van der Waals surface area contributed by atoms with Crippen LogP contribution in [-0.4, -0.2) is 62.6 Å². The van der Waals surface area contributed by atoms with Gasteiger partial charge >= 0.3 is 0 Å². The zero-order valence-electron chi connectivity index (χ0n) is 15.0. The summed E-state index contributed by atoms with van der Waals surface area (Å²) in [6, 6.07) is 0. The van der Waals surface area contributed by atoms with Gasteiger partial charge in [-0.15, -0.1) is 6.58 Å². The maximum absolute atomic E-state index is 4.36. The van der Waals surface area contributed by atoms with Crippen molar-refractivity contribution in [3.8, 4) is 0 Å². The second kappa shape index (κ2) is 11.5. The lowest BCUT2D eigenvalue weighted by Crippen LogP contribution is -2.40. The summed E-state index contributed by atoms with van der Waals surface area (Å²) in [7, 11) is 3.97. The number of aliphatic imine (C=N–C) groups is 1. The summed E-state index contributed by atoms with van der Waals surface area (Å²) in [6.07, 6.45) is 9.42. The molecule has 1 aliphatic rings. The second-order valence-corrected chi connectivity index (χ2v) is 6.56. The minimum atomic E-state index is 0.929. The number of guanidine groups is 1. The monoisotopic (exact) mass is 308 g/mol. The Labute approximate surface area is 137 Å². The summed E-state index contributed by atoms with van der Waals surface area (Å²) in [6.45, 7) is 12.0. The van der Waals surface area contributed by atoms with Crippen LogP contribution in [0.5, 0.6) is 0 Å². The van der Waals surface area contributed by atoms with Crippen molar-refractivity contribution in [2.45, 2.75) is 45.4 Å². The van der Waals surface area contributed by atoms with Crippen LogP contribution in [-0.2, 0) is 0 Å². The molecule has 0 atom stereocenters. The molecule has 0 saturated carbocycles. The van der Waals surface area contributed by atoms with E-state index in [-0.39, 0.29) is 0 Å². The molecule has 0 aromatic heterocycles. The smallest absolute Gasteiger partial charge is 0.193 e. The zero-order chi connectivity index (χ0) is 16.2. The van der Waals surface area contributed by atoms with Crippen LogP contribution in [0.4, 0.5) is 0 Å². The Hall–Kier alpha value is -1.03. The van der Waals surface area contributed by atoms with E-state index in [4.69, 9.17) is 0 Å². The van der Waals surface area contributed by atoms with Gasteiger partial charge in [-0.3, -0.25) is 4.99 Å². The number of hydrogen-bond donors (Lipinski definition) is 1. The molecule has 0 radical (unpaired) electrons. The molecule has 1 heterocycles. The first-order valence-electron chi connectivity index (χ1n) is 8.92. The fourth-order valence-corrected chi connectivity index (χ4v) is 2.91. The predicted molar refractivity (Wildman–Crippen MR) is 97.5 cm³/mol. The Morgan fingerprint density at radius 2 is 2.05 bits per heavy atom. The van der Waals surface area contributed by atoms with E-state index in [1.807, 2.05) is 13.1 Å². The Kier molecular flexibility index (Phi) is 9.96. The molecule has 1 fully saturated rings. The molecule has 0 spiro atoms. The number of hydrogen-bond acceptors (Lipinski definition) is 2. The fourth-order valence-electron chi connectivity index (χ4n) is 2.91. The standard InChI is InChI=1S/C18H36N4/c1-5-6-8-13-21(4)18(19-3)20-12-7-9-14-22-15-10-17(2)11-16-22/h5,17H,1,6-16H2,2-4H3,(H,19,20). The first-order valence-corrected chi connectivity index (χ1v) is 8.92. The van der Waals surface area contributed by atoms with Gasteiger partial charge in [-0.05, 0) is 64.1 Å². The highest BCUT2D eigenvalue weighted by atomic mass is 15.3. The Morgan fingerprint density at radius 3 is 2.68 bits per heavy atom. The van der Waals surface area contributed by atoms with Gasteiger partial charge in [0.25, 0.3) is 0 Å². The van der Waals surface area contributed by atoms with Gasteiger partial charge in [0.2, 0.25) is 0 Å². The van der Waals surface area contributed by atoms with Gasteiger partial charge in [0, 0.05) is 27.2 Å².